The van der Waals surface area contributed by atoms with Crippen molar-refractivity contribution in [1.29, 1.82) is 0 Å². The van der Waals surface area contributed by atoms with Gasteiger partial charge in [-0.05, 0) is 62.1 Å². The van der Waals surface area contributed by atoms with Crippen LogP contribution in [0.2, 0.25) is 5.02 Å². The van der Waals surface area contributed by atoms with Crippen LogP contribution in [-0.2, 0) is 13.0 Å². The van der Waals surface area contributed by atoms with Gasteiger partial charge in [0.05, 0.1) is 21.6 Å². The maximum Gasteiger partial charge on any atom is 0.252 e. The molecule has 0 fully saturated rings. The highest BCUT2D eigenvalue weighted by molar-refractivity contribution is 6.33. The summed E-state index contributed by atoms with van der Waals surface area (Å²) in [6.07, 6.45) is 3.89. The number of hydrogen-bond donors (Lipinski definition) is 1. The summed E-state index contributed by atoms with van der Waals surface area (Å²) in [4.78, 5) is 17.2. The van der Waals surface area contributed by atoms with Gasteiger partial charge in [0.25, 0.3) is 5.91 Å². The first-order chi connectivity index (χ1) is 16.0. The van der Waals surface area contributed by atoms with Crippen LogP contribution >= 0.6 is 11.6 Å². The number of amides is 1. The Bertz CT molecular complexity index is 1260. The van der Waals surface area contributed by atoms with E-state index in [0.29, 0.717) is 17.1 Å². The predicted molar refractivity (Wildman–Crippen MR) is 136 cm³/mol. The van der Waals surface area contributed by atoms with Gasteiger partial charge in [-0.1, -0.05) is 66.0 Å². The Labute approximate surface area is 200 Å². The monoisotopic (exact) mass is 459 g/mol. The van der Waals surface area contributed by atoms with Crippen LogP contribution in [0.1, 0.15) is 52.1 Å². The van der Waals surface area contributed by atoms with Crippen LogP contribution in [0.5, 0.6) is 0 Å². The largest absolute Gasteiger partial charge is 0.352 e. The number of hydrogen-bond acceptors (Lipinski definition) is 2. The second-order valence-corrected chi connectivity index (χ2v) is 8.99. The van der Waals surface area contributed by atoms with Gasteiger partial charge in [-0.3, -0.25) is 4.79 Å². The smallest absolute Gasteiger partial charge is 0.252 e. The van der Waals surface area contributed by atoms with E-state index < -0.39 is 0 Å². The highest BCUT2D eigenvalue weighted by Crippen LogP contribution is 2.21. The average Bonchev–Trinajstić information content (AvgIpc) is 3.16. The molecule has 4 rings (SSSR count). The molecule has 0 spiro atoms. The fourth-order valence-corrected chi connectivity index (χ4v) is 4.38. The van der Waals surface area contributed by atoms with Gasteiger partial charge in [-0.15, -0.1) is 0 Å². The van der Waals surface area contributed by atoms with Gasteiger partial charge in [-0.2, -0.15) is 0 Å². The number of aryl methyl sites for hydroxylation is 3. The van der Waals surface area contributed by atoms with Gasteiger partial charge in [0, 0.05) is 19.5 Å². The molecule has 0 unspecified atom stereocenters. The van der Waals surface area contributed by atoms with Crippen molar-refractivity contribution in [3.8, 4) is 0 Å². The van der Waals surface area contributed by atoms with Gasteiger partial charge >= 0.3 is 0 Å². The van der Waals surface area contributed by atoms with Crippen LogP contribution in [0.25, 0.3) is 11.0 Å². The summed E-state index contributed by atoms with van der Waals surface area (Å²) in [7, 11) is 0. The third-order valence-electron chi connectivity index (χ3n) is 6.05. The van der Waals surface area contributed by atoms with Crippen LogP contribution in [-0.4, -0.2) is 22.0 Å². The van der Waals surface area contributed by atoms with E-state index in [1.807, 2.05) is 18.2 Å². The highest BCUT2D eigenvalue weighted by Gasteiger charge is 2.12. The molecule has 0 saturated heterocycles. The second-order valence-electron chi connectivity index (χ2n) is 8.58. The summed E-state index contributed by atoms with van der Waals surface area (Å²) >= 11 is 6.10. The number of nitrogens with one attached hydrogen (secondary N) is 1. The van der Waals surface area contributed by atoms with Crippen molar-refractivity contribution in [1.82, 2.24) is 14.9 Å². The van der Waals surface area contributed by atoms with Crippen LogP contribution in [0, 0.1) is 13.8 Å². The molecule has 1 N–H and O–H groups in total. The minimum atomic E-state index is -0.115. The molecule has 1 amide bonds. The topological polar surface area (TPSA) is 46.9 Å². The van der Waals surface area contributed by atoms with Crippen LogP contribution in [0.3, 0.4) is 0 Å². The molecule has 1 aromatic heterocycles. The summed E-state index contributed by atoms with van der Waals surface area (Å²) < 4.78 is 2.36. The lowest BCUT2D eigenvalue weighted by molar-refractivity contribution is 0.0953. The third-order valence-corrected chi connectivity index (χ3v) is 6.38. The zero-order valence-corrected chi connectivity index (χ0v) is 20.0. The zero-order valence-electron chi connectivity index (χ0n) is 19.3. The molecule has 0 radical (unpaired) electrons. The summed E-state index contributed by atoms with van der Waals surface area (Å²) in [5, 5.41) is 3.46. The Morgan fingerprint density at radius 3 is 2.61 bits per heavy atom. The number of unbranched alkanes of at least 4 members (excludes halogenated alkanes) is 2. The average molecular weight is 460 g/mol. The number of nitrogens with zero attached hydrogens (tertiary/aromatic N) is 2. The molecule has 0 saturated carbocycles. The molecule has 33 heavy (non-hydrogen) atoms. The molecule has 4 nitrogen and oxygen atoms in total. The Kier molecular flexibility index (Phi) is 7.46. The van der Waals surface area contributed by atoms with Gasteiger partial charge in [0.2, 0.25) is 0 Å². The Morgan fingerprint density at radius 2 is 1.76 bits per heavy atom. The van der Waals surface area contributed by atoms with Crippen molar-refractivity contribution in [2.45, 2.75) is 46.1 Å². The molecule has 170 valence electrons. The Morgan fingerprint density at radius 1 is 0.970 bits per heavy atom. The number of carbonyl (C=O) groups is 1. The van der Waals surface area contributed by atoms with E-state index in [1.165, 1.54) is 22.2 Å². The van der Waals surface area contributed by atoms with Gasteiger partial charge < -0.3 is 9.88 Å². The van der Waals surface area contributed by atoms with E-state index in [0.717, 1.165) is 43.6 Å². The highest BCUT2D eigenvalue weighted by atomic mass is 35.5. The summed E-state index contributed by atoms with van der Waals surface area (Å²) in [5.41, 5.74) is 6.67. The minimum absolute atomic E-state index is 0.115. The standard InChI is InChI=1S/C28H30ClN3O/c1-20-15-16-21(2)22(18-20)19-32-26-13-8-7-12-25(26)31-27(32)14-4-3-9-17-30-28(33)23-10-5-6-11-24(23)29/h5-8,10-13,15-16,18H,3-4,9,14,17,19H2,1-2H3,(H,30,33). The van der Waals surface area contributed by atoms with Crippen LogP contribution < -0.4 is 5.32 Å². The van der Waals surface area contributed by atoms with Crippen molar-refractivity contribution >= 4 is 28.5 Å². The zero-order chi connectivity index (χ0) is 23.2. The van der Waals surface area contributed by atoms with Crippen molar-refractivity contribution in [2.24, 2.45) is 0 Å². The number of halogens is 1. The number of fused-ring (bicyclic) bond motifs is 1. The quantitative estimate of drug-likeness (QED) is 0.290. The number of imidazole rings is 1. The molecule has 0 atom stereocenters. The summed E-state index contributed by atoms with van der Waals surface area (Å²) in [6.45, 7) is 5.78. The van der Waals surface area contributed by atoms with Crippen LogP contribution in [0.4, 0.5) is 0 Å². The van der Waals surface area contributed by atoms with E-state index in [4.69, 9.17) is 16.6 Å². The fraction of sp³-hybridized carbons (Fsp3) is 0.286. The minimum Gasteiger partial charge on any atom is -0.352 e. The molecule has 0 aliphatic rings. The number of aromatic nitrogens is 2. The summed E-state index contributed by atoms with van der Waals surface area (Å²) in [6, 6.07) is 22.1. The van der Waals surface area contributed by atoms with Crippen LogP contribution in [0.15, 0.2) is 66.7 Å². The third kappa shape index (κ3) is 5.63. The molecule has 1 heterocycles. The Hall–Kier alpha value is -3.11. The number of para-hydroxylation sites is 2. The first kappa shape index (κ1) is 23.1. The molecular weight excluding hydrogens is 430 g/mol. The van der Waals surface area contributed by atoms with Crippen molar-refractivity contribution < 1.29 is 4.79 Å². The van der Waals surface area contributed by atoms with Crippen molar-refractivity contribution in [2.75, 3.05) is 6.54 Å². The summed E-state index contributed by atoms with van der Waals surface area (Å²) in [5.74, 6) is 1.01. The molecule has 0 bridgehead atoms. The van der Waals surface area contributed by atoms with E-state index in [-0.39, 0.29) is 5.91 Å². The van der Waals surface area contributed by atoms with Gasteiger partial charge in [0.15, 0.2) is 0 Å². The lowest BCUT2D eigenvalue weighted by Crippen LogP contribution is -2.24. The van der Waals surface area contributed by atoms with Crippen molar-refractivity contribution in [3.05, 3.63) is 99.8 Å². The maximum absolute atomic E-state index is 12.3. The maximum atomic E-state index is 12.3. The lowest BCUT2D eigenvalue weighted by atomic mass is 10.1. The number of carbonyl (C=O) groups excluding carboxylic acids is 1. The van der Waals surface area contributed by atoms with Gasteiger partial charge in [-0.25, -0.2) is 4.98 Å². The van der Waals surface area contributed by atoms with Crippen molar-refractivity contribution in [3.63, 3.8) is 0 Å². The normalized spacial score (nSPS) is 11.1. The lowest BCUT2D eigenvalue weighted by Gasteiger charge is -2.12. The van der Waals surface area contributed by atoms with Gasteiger partial charge in [0.1, 0.15) is 5.82 Å². The van der Waals surface area contributed by atoms with E-state index >= 15 is 0 Å². The first-order valence-corrected chi connectivity index (χ1v) is 11.9. The Balaban J connectivity index is 1.36. The van der Waals surface area contributed by atoms with E-state index in [9.17, 15) is 4.79 Å². The first-order valence-electron chi connectivity index (χ1n) is 11.6. The van der Waals surface area contributed by atoms with E-state index in [2.05, 4.69) is 60.1 Å². The fourth-order valence-electron chi connectivity index (χ4n) is 4.16. The molecule has 0 aliphatic carbocycles. The molecule has 5 heteroatoms. The molecule has 4 aromatic rings. The number of benzene rings is 3. The molecule has 0 aliphatic heterocycles. The van der Waals surface area contributed by atoms with E-state index in [1.54, 1.807) is 12.1 Å². The second kappa shape index (κ2) is 10.7. The SMILES string of the molecule is Cc1ccc(C)c(Cn2c(CCCCCNC(=O)c3ccccc3Cl)nc3ccccc32)c1. The predicted octanol–water partition coefficient (Wildman–Crippen LogP) is 6.50. The molecule has 3 aromatic carbocycles. The number of rotatable bonds is 9. The molecular formula is C28H30ClN3O.